The van der Waals surface area contributed by atoms with Crippen LogP contribution in [0.15, 0.2) is 54.6 Å². The number of aryl methyl sites for hydroxylation is 3. The van der Waals surface area contributed by atoms with E-state index in [1.807, 2.05) is 42.9 Å². The van der Waals surface area contributed by atoms with E-state index in [2.05, 4.69) is 6.55 Å². The number of phenols is 3. The molecular formula is C34H49O9Si2-. The van der Waals surface area contributed by atoms with Crippen molar-refractivity contribution in [1.29, 1.82) is 0 Å². The molecule has 0 radical (unpaired) electrons. The summed E-state index contributed by atoms with van der Waals surface area (Å²) < 4.78 is 29.0. The first-order chi connectivity index (χ1) is 21.4. The summed E-state index contributed by atoms with van der Waals surface area (Å²) in [7, 11) is 0.533. The number of ether oxygens (including phenoxy) is 3. The number of phenolic OH excluding ortho intramolecular Hbond substituents is 3. The van der Waals surface area contributed by atoms with Crippen molar-refractivity contribution in [3.63, 3.8) is 0 Å². The van der Waals surface area contributed by atoms with Crippen molar-refractivity contribution < 1.29 is 43.2 Å². The monoisotopic (exact) mass is 657 g/mol. The second-order valence-electron chi connectivity index (χ2n) is 11.8. The van der Waals surface area contributed by atoms with Crippen LogP contribution in [0.2, 0.25) is 25.2 Å². The Morgan fingerprint density at radius 2 is 1.11 bits per heavy atom. The normalized spacial score (nSPS) is 14.1. The van der Waals surface area contributed by atoms with E-state index in [1.54, 1.807) is 32.2 Å². The maximum atomic E-state index is 11.4. The molecular weight excluding hydrogens is 609 g/mol. The molecule has 0 amide bonds. The zero-order valence-electron chi connectivity index (χ0n) is 27.4. The van der Waals surface area contributed by atoms with Crippen molar-refractivity contribution in [3.8, 4) is 34.5 Å². The topological polar surface area (TPSA) is 127 Å². The molecule has 0 aliphatic carbocycles. The molecule has 11 heteroatoms. The summed E-state index contributed by atoms with van der Waals surface area (Å²) in [5.74, 6) is 0.312. The van der Waals surface area contributed by atoms with Gasteiger partial charge in [-0.2, -0.15) is 12.6 Å². The first kappa shape index (κ1) is 36.2. The first-order valence-corrected chi connectivity index (χ1v) is 20.0. The Kier molecular flexibility index (Phi) is 13.6. The highest BCUT2D eigenvalue weighted by Gasteiger charge is 2.36. The maximum absolute atomic E-state index is 11.4. The minimum Gasteiger partial charge on any atom is -0.609 e. The highest BCUT2D eigenvalue weighted by atomic mass is 28.4. The Balaban J connectivity index is 1.63. The molecule has 248 valence electrons. The number of aliphatic hydroxyl groups is 1. The third-order valence-electron chi connectivity index (χ3n) is 7.76. The lowest BCUT2D eigenvalue weighted by atomic mass is 10.0. The maximum Gasteiger partial charge on any atom is 0.296 e. The first-order valence-electron chi connectivity index (χ1n) is 15.4. The molecule has 0 bridgehead atoms. The van der Waals surface area contributed by atoms with Gasteiger partial charge in [0.15, 0.2) is 40.3 Å². The fraction of sp³-hybridized carbons (Fsp3) is 0.471. The Labute approximate surface area is 270 Å². The number of hydrogen-bond acceptors (Lipinski definition) is 9. The van der Waals surface area contributed by atoms with Crippen LogP contribution in [0, 0.1) is 0 Å². The summed E-state index contributed by atoms with van der Waals surface area (Å²) in [6.07, 6.45) is 5.10. The van der Waals surface area contributed by atoms with Gasteiger partial charge in [-0.3, -0.25) is 0 Å². The third kappa shape index (κ3) is 11.6. The fourth-order valence-corrected chi connectivity index (χ4v) is 12.0. The van der Waals surface area contributed by atoms with Crippen molar-refractivity contribution >= 4 is 17.6 Å². The van der Waals surface area contributed by atoms with E-state index in [4.69, 9.17) is 22.8 Å². The van der Waals surface area contributed by atoms with E-state index >= 15 is 0 Å². The lowest BCUT2D eigenvalue weighted by Gasteiger charge is -2.43. The van der Waals surface area contributed by atoms with Crippen LogP contribution >= 0.6 is 0 Å². The molecule has 0 aromatic heterocycles. The lowest BCUT2D eigenvalue weighted by Crippen LogP contribution is -2.50. The zero-order valence-corrected chi connectivity index (χ0v) is 29.4. The summed E-state index contributed by atoms with van der Waals surface area (Å²) in [5, 5.41) is 41.1. The van der Waals surface area contributed by atoms with Crippen LogP contribution in [0.3, 0.4) is 0 Å². The fourth-order valence-electron chi connectivity index (χ4n) is 5.47. The molecule has 0 fully saturated rings. The molecule has 0 aliphatic heterocycles. The molecule has 0 saturated heterocycles. The molecule has 45 heavy (non-hydrogen) atoms. The van der Waals surface area contributed by atoms with E-state index in [0.717, 1.165) is 48.4 Å². The van der Waals surface area contributed by atoms with Crippen LogP contribution in [0.1, 0.15) is 49.3 Å². The van der Waals surface area contributed by atoms with E-state index in [9.17, 15) is 20.4 Å². The number of hydrogen-bond donors (Lipinski definition) is 4. The molecule has 0 aliphatic rings. The molecule has 3 rings (SSSR count). The summed E-state index contributed by atoms with van der Waals surface area (Å²) in [5.41, 5.74) is 3.14. The molecule has 0 spiro atoms. The predicted molar refractivity (Wildman–Crippen MR) is 179 cm³/mol. The molecule has 0 saturated carbocycles. The molecule has 3 aromatic carbocycles. The van der Waals surface area contributed by atoms with E-state index in [0.29, 0.717) is 42.6 Å². The van der Waals surface area contributed by atoms with Crippen LogP contribution in [-0.2, 0) is 27.8 Å². The Morgan fingerprint density at radius 3 is 1.56 bits per heavy atom. The molecule has 0 heterocycles. The predicted octanol–water partition coefficient (Wildman–Crippen LogP) is 6.85. The van der Waals surface area contributed by atoms with E-state index in [-0.39, 0.29) is 17.2 Å². The highest BCUT2D eigenvalue weighted by molar-refractivity contribution is 6.74. The van der Waals surface area contributed by atoms with E-state index < -0.39 is 23.4 Å². The van der Waals surface area contributed by atoms with Crippen molar-refractivity contribution in [2.24, 2.45) is 0 Å². The van der Waals surface area contributed by atoms with Crippen LogP contribution in [0.4, 0.5) is 0 Å². The van der Waals surface area contributed by atoms with Crippen LogP contribution < -0.4 is 14.2 Å². The van der Waals surface area contributed by atoms with Crippen LogP contribution in [0.25, 0.3) is 0 Å². The van der Waals surface area contributed by atoms with Crippen LogP contribution in [-0.4, -0.2) is 65.1 Å². The molecule has 9 nitrogen and oxygen atoms in total. The Morgan fingerprint density at radius 1 is 0.689 bits per heavy atom. The second-order valence-corrected chi connectivity index (χ2v) is 17.5. The van der Waals surface area contributed by atoms with Crippen molar-refractivity contribution in [1.82, 2.24) is 0 Å². The minimum absolute atomic E-state index is 0.0983. The Bertz CT molecular complexity index is 1370. The number of aromatic hydroxyl groups is 3. The summed E-state index contributed by atoms with van der Waals surface area (Å²) in [6.45, 7) is 5.90. The van der Waals surface area contributed by atoms with Gasteiger partial charge in [-0.1, -0.05) is 24.6 Å². The van der Waals surface area contributed by atoms with Gasteiger partial charge in [0.05, 0.1) is 21.3 Å². The Hall–Kier alpha value is -3.23. The summed E-state index contributed by atoms with van der Waals surface area (Å²) in [6, 6.07) is 17.7. The van der Waals surface area contributed by atoms with Gasteiger partial charge in [0.25, 0.3) is 8.56 Å². The SMILES string of the molecule is COc1cc(CCC[Si-](C)O[Si](C)(CCCc2ccc(O)c(OC)c2)OC(C)(O)CCCc2ccc(O)c(OC)c2)ccc1O. The average molecular weight is 658 g/mol. The lowest BCUT2D eigenvalue weighted by molar-refractivity contribution is -0.143. The van der Waals surface area contributed by atoms with Gasteiger partial charge in [0, 0.05) is 6.42 Å². The molecule has 3 aromatic rings. The van der Waals surface area contributed by atoms with Gasteiger partial charge in [-0.05, 0) is 105 Å². The summed E-state index contributed by atoms with van der Waals surface area (Å²) >= 11 is 0. The van der Waals surface area contributed by atoms with Crippen LogP contribution in [0.5, 0.6) is 34.5 Å². The second kappa shape index (κ2) is 16.9. The standard InChI is InChI=1S/C34H49O9Si2/c1-34(38,19-7-10-25-13-16-28(35)31(22-25)39-2)42-45(6,21-9-12-27-15-18-30(37)33(24-27)41-4)43-44(5)20-8-11-26-14-17-29(36)32(23-26)40-3/h13-18,22-24,35-38H,7-12,19-21H2,1-6H3/q-1. The number of methoxy groups -OCH3 is 3. The highest BCUT2D eigenvalue weighted by Crippen LogP contribution is 2.32. The zero-order chi connectivity index (χ0) is 33.0. The van der Waals surface area contributed by atoms with Gasteiger partial charge in [-0.15, -0.1) is 9.04 Å². The van der Waals surface area contributed by atoms with E-state index in [1.165, 1.54) is 14.2 Å². The smallest absolute Gasteiger partial charge is 0.296 e. The average Bonchev–Trinajstić information content (AvgIpc) is 2.99. The molecule has 4 N–H and O–H groups in total. The number of benzene rings is 3. The minimum atomic E-state index is -2.83. The van der Waals surface area contributed by atoms with Gasteiger partial charge in [-0.25, -0.2) is 0 Å². The molecule has 2 atom stereocenters. The van der Waals surface area contributed by atoms with Crippen molar-refractivity contribution in [2.45, 2.75) is 82.8 Å². The van der Waals surface area contributed by atoms with Crippen molar-refractivity contribution in [2.75, 3.05) is 21.3 Å². The van der Waals surface area contributed by atoms with Crippen molar-refractivity contribution in [3.05, 3.63) is 71.3 Å². The molecule has 2 unspecified atom stereocenters. The summed E-state index contributed by atoms with van der Waals surface area (Å²) in [4.78, 5) is 0. The van der Waals surface area contributed by atoms with Gasteiger partial charge >= 0.3 is 0 Å². The third-order valence-corrected chi connectivity index (χ3v) is 14.1. The van der Waals surface area contributed by atoms with Gasteiger partial charge in [0.2, 0.25) is 0 Å². The van der Waals surface area contributed by atoms with Gasteiger partial charge < -0.3 is 43.2 Å². The van der Waals surface area contributed by atoms with Gasteiger partial charge in [0.1, 0.15) is 0 Å². The number of rotatable bonds is 19. The largest absolute Gasteiger partial charge is 0.609 e. The quantitative estimate of drug-likeness (QED) is 0.0808.